The van der Waals surface area contributed by atoms with E-state index in [0.717, 1.165) is 22.3 Å². The molecule has 33 heavy (non-hydrogen) atoms. The Balaban J connectivity index is 1.40. The molecule has 3 heterocycles. The highest BCUT2D eigenvalue weighted by atomic mass is 16.2. The Morgan fingerprint density at radius 1 is 0.939 bits per heavy atom. The van der Waals surface area contributed by atoms with Crippen LogP contribution in [-0.2, 0) is 0 Å². The molecule has 1 aliphatic rings. The van der Waals surface area contributed by atoms with Gasteiger partial charge in [0.2, 0.25) is 0 Å². The molecule has 166 valence electrons. The number of aromatic amines is 1. The minimum absolute atomic E-state index is 0.119. The van der Waals surface area contributed by atoms with Crippen LogP contribution in [0.4, 0.5) is 11.5 Å². The Hall–Kier alpha value is -4.13. The average Bonchev–Trinajstić information content (AvgIpc) is 3.22. The molecule has 0 unspecified atom stereocenters. The normalized spacial score (nSPS) is 13.8. The number of carbonyl (C=O) groups is 2. The Morgan fingerprint density at radius 3 is 2.48 bits per heavy atom. The highest BCUT2D eigenvalue weighted by Crippen LogP contribution is 2.29. The standard InChI is InChI=1S/C26H25N5O2/c1-18-7-6-8-19(17-18)25(32)29-23-20-9-2-3-10-21(20)28-24(23)26(33)31-15-13-30(14-16-31)22-11-4-5-12-27-22/h2-12,17,28H,13-16H2,1H3,(H,29,32). The molecule has 1 saturated heterocycles. The van der Waals surface area contributed by atoms with E-state index in [1.807, 2.05) is 72.5 Å². The number of aromatic nitrogens is 2. The van der Waals surface area contributed by atoms with Gasteiger partial charge < -0.3 is 20.1 Å². The summed E-state index contributed by atoms with van der Waals surface area (Å²) in [6.45, 7) is 4.51. The predicted octanol–water partition coefficient (Wildman–Crippen LogP) is 4.09. The zero-order chi connectivity index (χ0) is 22.8. The van der Waals surface area contributed by atoms with Crippen molar-refractivity contribution in [1.29, 1.82) is 0 Å². The molecule has 1 aliphatic heterocycles. The molecule has 0 atom stereocenters. The number of amides is 2. The zero-order valence-corrected chi connectivity index (χ0v) is 18.4. The van der Waals surface area contributed by atoms with Gasteiger partial charge in [0.25, 0.3) is 11.8 Å². The summed E-state index contributed by atoms with van der Waals surface area (Å²) < 4.78 is 0. The number of para-hydroxylation sites is 1. The number of piperazine rings is 1. The highest BCUT2D eigenvalue weighted by molar-refractivity contribution is 6.15. The topological polar surface area (TPSA) is 81.3 Å². The van der Waals surface area contributed by atoms with Crippen molar-refractivity contribution in [2.75, 3.05) is 36.4 Å². The first-order valence-corrected chi connectivity index (χ1v) is 11.0. The molecule has 0 spiro atoms. The van der Waals surface area contributed by atoms with E-state index in [2.05, 4.69) is 20.2 Å². The maximum atomic E-state index is 13.5. The number of nitrogens with zero attached hydrogens (tertiary/aromatic N) is 3. The highest BCUT2D eigenvalue weighted by Gasteiger charge is 2.27. The van der Waals surface area contributed by atoms with Crippen LogP contribution in [0.15, 0.2) is 72.9 Å². The largest absolute Gasteiger partial charge is 0.353 e. The number of carbonyl (C=O) groups excluding carboxylic acids is 2. The number of rotatable bonds is 4. The first kappa shape index (κ1) is 20.8. The zero-order valence-electron chi connectivity index (χ0n) is 18.4. The van der Waals surface area contributed by atoms with E-state index >= 15 is 0 Å². The quantitative estimate of drug-likeness (QED) is 0.502. The molecule has 7 nitrogen and oxygen atoms in total. The summed E-state index contributed by atoms with van der Waals surface area (Å²) in [5.41, 5.74) is 3.30. The second-order valence-corrected chi connectivity index (χ2v) is 8.21. The van der Waals surface area contributed by atoms with Crippen LogP contribution in [-0.4, -0.2) is 52.9 Å². The average molecular weight is 440 g/mol. The van der Waals surface area contributed by atoms with E-state index in [-0.39, 0.29) is 11.8 Å². The van der Waals surface area contributed by atoms with Crippen molar-refractivity contribution in [2.45, 2.75) is 6.92 Å². The molecule has 7 heteroatoms. The van der Waals surface area contributed by atoms with Gasteiger partial charge in [-0.2, -0.15) is 0 Å². The van der Waals surface area contributed by atoms with Crippen molar-refractivity contribution in [2.24, 2.45) is 0 Å². The fourth-order valence-corrected chi connectivity index (χ4v) is 4.24. The Bertz CT molecular complexity index is 1310. The minimum Gasteiger partial charge on any atom is -0.353 e. The molecule has 2 aromatic heterocycles. The smallest absolute Gasteiger partial charge is 0.272 e. The maximum absolute atomic E-state index is 13.5. The van der Waals surface area contributed by atoms with Crippen molar-refractivity contribution in [3.05, 3.63) is 89.7 Å². The molecule has 2 amide bonds. The van der Waals surface area contributed by atoms with Gasteiger partial charge in [-0.25, -0.2) is 4.98 Å². The van der Waals surface area contributed by atoms with Gasteiger partial charge in [-0.15, -0.1) is 0 Å². The van der Waals surface area contributed by atoms with E-state index in [1.165, 1.54) is 0 Å². The van der Waals surface area contributed by atoms with Crippen molar-refractivity contribution in [1.82, 2.24) is 14.9 Å². The summed E-state index contributed by atoms with van der Waals surface area (Å²) in [5.74, 6) is 0.560. The predicted molar refractivity (Wildman–Crippen MR) is 130 cm³/mol. The monoisotopic (exact) mass is 439 g/mol. The van der Waals surface area contributed by atoms with Crippen molar-refractivity contribution >= 4 is 34.2 Å². The number of anilines is 2. The fraction of sp³-hybridized carbons (Fsp3) is 0.192. The fourth-order valence-electron chi connectivity index (χ4n) is 4.24. The maximum Gasteiger partial charge on any atom is 0.272 e. The van der Waals surface area contributed by atoms with Crippen molar-refractivity contribution in [3.8, 4) is 0 Å². The van der Waals surface area contributed by atoms with Gasteiger partial charge in [0.15, 0.2) is 0 Å². The SMILES string of the molecule is Cc1cccc(C(=O)Nc2c(C(=O)N3CCN(c4ccccn4)CC3)[nH]c3ccccc23)c1. The van der Waals surface area contributed by atoms with Gasteiger partial charge in [0, 0.05) is 48.8 Å². The van der Waals surface area contributed by atoms with Crippen LogP contribution < -0.4 is 10.2 Å². The number of fused-ring (bicyclic) bond motifs is 1. The number of pyridine rings is 1. The molecule has 4 aromatic rings. The molecule has 2 aromatic carbocycles. The molecule has 0 aliphatic carbocycles. The Morgan fingerprint density at radius 2 is 1.73 bits per heavy atom. The van der Waals surface area contributed by atoms with Crippen LogP contribution in [0.1, 0.15) is 26.4 Å². The number of hydrogen-bond acceptors (Lipinski definition) is 4. The lowest BCUT2D eigenvalue weighted by atomic mass is 10.1. The number of nitrogens with one attached hydrogen (secondary N) is 2. The number of H-pyrrole nitrogens is 1. The summed E-state index contributed by atoms with van der Waals surface area (Å²) in [4.78, 5) is 38.2. The molecule has 0 saturated carbocycles. The Kier molecular flexibility index (Phi) is 5.52. The molecule has 5 rings (SSSR count). The van der Waals surface area contributed by atoms with E-state index < -0.39 is 0 Å². The second kappa shape index (κ2) is 8.78. The van der Waals surface area contributed by atoms with Gasteiger partial charge in [-0.1, -0.05) is 42.0 Å². The van der Waals surface area contributed by atoms with Crippen LogP contribution in [0, 0.1) is 6.92 Å². The van der Waals surface area contributed by atoms with E-state index in [1.54, 1.807) is 12.3 Å². The van der Waals surface area contributed by atoms with E-state index in [4.69, 9.17) is 0 Å². The third-order valence-electron chi connectivity index (χ3n) is 5.98. The lowest BCUT2D eigenvalue weighted by molar-refractivity contribution is 0.0742. The molecule has 0 radical (unpaired) electrons. The Labute approximate surface area is 192 Å². The molecular formula is C26H25N5O2. The first-order valence-electron chi connectivity index (χ1n) is 11.0. The van der Waals surface area contributed by atoms with Crippen LogP contribution in [0.3, 0.4) is 0 Å². The van der Waals surface area contributed by atoms with Gasteiger partial charge in [-0.3, -0.25) is 9.59 Å². The minimum atomic E-state index is -0.238. The third-order valence-corrected chi connectivity index (χ3v) is 5.98. The third kappa shape index (κ3) is 4.17. The summed E-state index contributed by atoms with van der Waals surface area (Å²) in [7, 11) is 0. The first-order chi connectivity index (χ1) is 16.1. The molecule has 1 fully saturated rings. The van der Waals surface area contributed by atoms with Crippen molar-refractivity contribution in [3.63, 3.8) is 0 Å². The van der Waals surface area contributed by atoms with Crippen LogP contribution in [0.5, 0.6) is 0 Å². The summed E-state index contributed by atoms with van der Waals surface area (Å²) >= 11 is 0. The van der Waals surface area contributed by atoms with E-state index in [0.29, 0.717) is 43.1 Å². The van der Waals surface area contributed by atoms with Crippen LogP contribution in [0.25, 0.3) is 10.9 Å². The van der Waals surface area contributed by atoms with Crippen LogP contribution in [0.2, 0.25) is 0 Å². The van der Waals surface area contributed by atoms with E-state index in [9.17, 15) is 9.59 Å². The van der Waals surface area contributed by atoms with Gasteiger partial charge in [-0.05, 0) is 37.3 Å². The lowest BCUT2D eigenvalue weighted by Gasteiger charge is -2.35. The molecular weight excluding hydrogens is 414 g/mol. The van der Waals surface area contributed by atoms with Gasteiger partial charge in [0.05, 0.1) is 5.69 Å². The molecule has 0 bridgehead atoms. The lowest BCUT2D eigenvalue weighted by Crippen LogP contribution is -2.49. The summed E-state index contributed by atoms with van der Waals surface area (Å²) in [5, 5.41) is 3.81. The second-order valence-electron chi connectivity index (χ2n) is 8.21. The van der Waals surface area contributed by atoms with Crippen LogP contribution >= 0.6 is 0 Å². The van der Waals surface area contributed by atoms with Crippen molar-refractivity contribution < 1.29 is 9.59 Å². The summed E-state index contributed by atoms with van der Waals surface area (Å²) in [6, 6.07) is 20.9. The number of benzene rings is 2. The molecule has 2 N–H and O–H groups in total. The number of hydrogen-bond donors (Lipinski definition) is 2. The van der Waals surface area contributed by atoms with Gasteiger partial charge in [0.1, 0.15) is 11.5 Å². The summed E-state index contributed by atoms with van der Waals surface area (Å²) in [6.07, 6.45) is 1.78. The van der Waals surface area contributed by atoms with Gasteiger partial charge >= 0.3 is 0 Å². The number of aryl methyl sites for hydroxylation is 1.